The van der Waals surface area contributed by atoms with Crippen molar-refractivity contribution in [2.45, 2.75) is 32.4 Å². The Kier molecular flexibility index (Phi) is 8.37. The quantitative estimate of drug-likeness (QED) is 0.125. The van der Waals surface area contributed by atoms with Crippen molar-refractivity contribution >= 4 is 28.5 Å². The lowest BCUT2D eigenvalue weighted by molar-refractivity contribution is -0.137. The molecule has 0 spiro atoms. The highest BCUT2D eigenvalue weighted by molar-refractivity contribution is 6.30. The zero-order valence-electron chi connectivity index (χ0n) is 22.2. The molecule has 0 aliphatic carbocycles. The third kappa shape index (κ3) is 6.74. The molecule has 6 nitrogen and oxygen atoms in total. The van der Waals surface area contributed by atoms with Crippen LogP contribution in [0.5, 0.6) is 11.5 Å². The van der Waals surface area contributed by atoms with Crippen LogP contribution in [0.25, 0.3) is 22.1 Å². The van der Waals surface area contributed by atoms with Crippen LogP contribution < -0.4 is 15.1 Å². The van der Waals surface area contributed by atoms with Gasteiger partial charge in [0.05, 0.1) is 11.1 Å². The molecule has 1 aliphatic heterocycles. The molecule has 1 aliphatic rings. The first-order chi connectivity index (χ1) is 19.6. The molecule has 0 atom stereocenters. The summed E-state index contributed by atoms with van der Waals surface area (Å²) in [5, 5.41) is 0.295. The molecule has 2 heterocycles. The minimum Gasteiger partial charge on any atom is -0.492 e. The van der Waals surface area contributed by atoms with Gasteiger partial charge in [0.15, 0.2) is 0 Å². The van der Waals surface area contributed by atoms with Gasteiger partial charge < -0.3 is 13.9 Å². The highest BCUT2D eigenvalue weighted by atomic mass is 35.5. The van der Waals surface area contributed by atoms with Gasteiger partial charge in [-0.25, -0.2) is 4.79 Å². The van der Waals surface area contributed by atoms with E-state index in [-0.39, 0.29) is 33.9 Å². The van der Waals surface area contributed by atoms with Gasteiger partial charge in [0, 0.05) is 35.5 Å². The SMILES string of the molecule is CC(=O)Oc1ccc2c(Cc3ccc(OCCN4CCCC4)cc3)c(-c3ccc(Cl)cc3C(F)(F)F)c(=O)oc2c1. The van der Waals surface area contributed by atoms with Crippen LogP contribution >= 0.6 is 11.6 Å². The first-order valence-corrected chi connectivity index (χ1v) is 13.6. The summed E-state index contributed by atoms with van der Waals surface area (Å²) in [6, 6.07) is 14.9. The Hall–Kier alpha value is -3.82. The summed E-state index contributed by atoms with van der Waals surface area (Å²) < 4.78 is 58.7. The molecule has 0 N–H and O–H groups in total. The van der Waals surface area contributed by atoms with E-state index in [4.69, 9.17) is 25.5 Å². The summed E-state index contributed by atoms with van der Waals surface area (Å²) >= 11 is 5.90. The van der Waals surface area contributed by atoms with Gasteiger partial charge in [0.25, 0.3) is 0 Å². The van der Waals surface area contributed by atoms with E-state index in [2.05, 4.69) is 4.90 Å². The number of benzene rings is 3. The van der Waals surface area contributed by atoms with Gasteiger partial charge in [-0.15, -0.1) is 0 Å². The maximum absolute atomic E-state index is 14.1. The lowest BCUT2D eigenvalue weighted by Gasteiger charge is -2.17. The molecular formula is C31H27ClF3NO5. The van der Waals surface area contributed by atoms with Crippen molar-refractivity contribution in [1.82, 2.24) is 4.90 Å². The van der Waals surface area contributed by atoms with E-state index in [0.717, 1.165) is 31.3 Å². The highest BCUT2D eigenvalue weighted by Crippen LogP contribution is 2.40. The van der Waals surface area contributed by atoms with Crippen molar-refractivity contribution in [2.24, 2.45) is 0 Å². The summed E-state index contributed by atoms with van der Waals surface area (Å²) in [5.41, 5.74) is -1.39. The number of hydrogen-bond donors (Lipinski definition) is 0. The van der Waals surface area contributed by atoms with Crippen LogP contribution in [0.3, 0.4) is 0 Å². The van der Waals surface area contributed by atoms with Crippen molar-refractivity contribution in [3.63, 3.8) is 0 Å². The molecule has 0 bridgehead atoms. The van der Waals surface area contributed by atoms with Crippen molar-refractivity contribution in [3.05, 3.63) is 92.8 Å². The molecule has 214 valence electrons. The molecule has 1 aromatic heterocycles. The minimum absolute atomic E-state index is 0.0805. The number of ether oxygens (including phenoxy) is 2. The van der Waals surface area contributed by atoms with Crippen molar-refractivity contribution in [1.29, 1.82) is 0 Å². The summed E-state index contributed by atoms with van der Waals surface area (Å²) in [4.78, 5) is 27.1. The Morgan fingerprint density at radius 1 is 1.00 bits per heavy atom. The number of carbonyl (C=O) groups excluding carboxylic acids is 1. The molecule has 3 aromatic carbocycles. The van der Waals surface area contributed by atoms with E-state index in [9.17, 15) is 22.8 Å². The summed E-state index contributed by atoms with van der Waals surface area (Å²) in [6.07, 6.45) is -2.24. The zero-order valence-corrected chi connectivity index (χ0v) is 23.0. The third-order valence-corrected chi connectivity index (χ3v) is 7.22. The van der Waals surface area contributed by atoms with Crippen LogP contribution in [0, 0.1) is 0 Å². The summed E-state index contributed by atoms with van der Waals surface area (Å²) in [6.45, 7) is 4.78. The number of alkyl halides is 3. The van der Waals surface area contributed by atoms with E-state index in [1.807, 2.05) is 12.1 Å². The predicted molar refractivity (Wildman–Crippen MR) is 150 cm³/mol. The number of fused-ring (bicyclic) bond motifs is 1. The van der Waals surface area contributed by atoms with Crippen molar-refractivity contribution in [3.8, 4) is 22.6 Å². The maximum atomic E-state index is 14.1. The maximum Gasteiger partial charge on any atom is 0.417 e. The van der Waals surface area contributed by atoms with Gasteiger partial charge in [-0.3, -0.25) is 9.69 Å². The average molecular weight is 586 g/mol. The number of carbonyl (C=O) groups is 1. The summed E-state index contributed by atoms with van der Waals surface area (Å²) in [7, 11) is 0. The van der Waals surface area contributed by atoms with Gasteiger partial charge in [0.1, 0.15) is 23.7 Å². The Morgan fingerprint density at radius 2 is 1.71 bits per heavy atom. The molecule has 0 amide bonds. The van der Waals surface area contributed by atoms with Crippen LogP contribution in [0.1, 0.15) is 36.5 Å². The molecule has 4 aromatic rings. The lowest BCUT2D eigenvalue weighted by atomic mass is 9.91. The molecule has 5 rings (SSSR count). The van der Waals surface area contributed by atoms with E-state index in [1.165, 1.54) is 44.0 Å². The second-order valence-electron chi connectivity index (χ2n) is 9.90. The van der Waals surface area contributed by atoms with E-state index in [0.29, 0.717) is 23.3 Å². The van der Waals surface area contributed by atoms with Crippen molar-refractivity contribution in [2.75, 3.05) is 26.2 Å². The smallest absolute Gasteiger partial charge is 0.417 e. The Bertz CT molecular complexity index is 1630. The molecule has 0 saturated carbocycles. The topological polar surface area (TPSA) is 69.0 Å². The van der Waals surface area contributed by atoms with Gasteiger partial charge in [-0.05, 0) is 79.9 Å². The number of hydrogen-bond acceptors (Lipinski definition) is 6. The first-order valence-electron chi connectivity index (χ1n) is 13.2. The summed E-state index contributed by atoms with van der Waals surface area (Å²) in [5.74, 6) is 0.251. The fourth-order valence-corrected chi connectivity index (χ4v) is 5.28. The van der Waals surface area contributed by atoms with Gasteiger partial charge >= 0.3 is 17.8 Å². The fourth-order valence-electron chi connectivity index (χ4n) is 5.11. The van der Waals surface area contributed by atoms with Gasteiger partial charge in [0.2, 0.25) is 0 Å². The fraction of sp³-hybridized carbons (Fsp3) is 0.290. The normalized spacial score (nSPS) is 14.0. The standard InChI is InChI=1S/C31H27ClF3NO5/c1-19(37)40-23-9-11-24-26(16-20-4-7-22(8-5-20)39-15-14-36-12-2-3-13-36)29(30(38)41-28(24)18-23)25-10-6-21(32)17-27(25)31(33,34)35/h4-11,17-18H,2-3,12-16H2,1H3. The Balaban J connectivity index is 1.55. The third-order valence-electron chi connectivity index (χ3n) is 6.98. The molecule has 0 unspecified atom stereocenters. The lowest BCUT2D eigenvalue weighted by Crippen LogP contribution is -2.25. The van der Waals surface area contributed by atoms with Crippen LogP contribution in [-0.4, -0.2) is 37.1 Å². The predicted octanol–water partition coefficient (Wildman–Crippen LogP) is 7.12. The van der Waals surface area contributed by atoms with E-state index < -0.39 is 23.3 Å². The monoisotopic (exact) mass is 585 g/mol. The van der Waals surface area contributed by atoms with Crippen LogP contribution in [-0.2, 0) is 17.4 Å². The number of nitrogens with zero attached hydrogens (tertiary/aromatic N) is 1. The van der Waals surface area contributed by atoms with E-state index >= 15 is 0 Å². The molecule has 1 saturated heterocycles. The largest absolute Gasteiger partial charge is 0.492 e. The molecular weight excluding hydrogens is 559 g/mol. The molecule has 41 heavy (non-hydrogen) atoms. The van der Waals surface area contributed by atoms with Crippen LogP contribution in [0.2, 0.25) is 5.02 Å². The second kappa shape index (κ2) is 12.0. The van der Waals surface area contributed by atoms with Crippen molar-refractivity contribution < 1.29 is 31.9 Å². The average Bonchev–Trinajstić information content (AvgIpc) is 3.43. The van der Waals surface area contributed by atoms with Gasteiger partial charge in [-0.2, -0.15) is 13.2 Å². The van der Waals surface area contributed by atoms with E-state index in [1.54, 1.807) is 18.2 Å². The van der Waals surface area contributed by atoms with Crippen LogP contribution in [0.4, 0.5) is 13.2 Å². The molecule has 0 radical (unpaired) electrons. The number of esters is 1. The van der Waals surface area contributed by atoms with Crippen LogP contribution in [0.15, 0.2) is 69.9 Å². The number of likely N-dealkylation sites (tertiary alicyclic amines) is 1. The molecule has 1 fully saturated rings. The number of rotatable bonds is 8. The second-order valence-corrected chi connectivity index (χ2v) is 10.3. The highest BCUT2D eigenvalue weighted by Gasteiger charge is 2.35. The number of halogens is 4. The molecule has 10 heteroatoms. The zero-order chi connectivity index (χ0) is 29.1. The first kappa shape index (κ1) is 28.7. The van der Waals surface area contributed by atoms with Gasteiger partial charge in [-0.1, -0.05) is 29.8 Å². The minimum atomic E-state index is -4.77. The Labute approximate surface area is 239 Å². The Morgan fingerprint density at radius 3 is 2.39 bits per heavy atom.